The van der Waals surface area contributed by atoms with Gasteiger partial charge in [0.15, 0.2) is 0 Å². The molecule has 1 saturated heterocycles. The molecule has 2 unspecified atom stereocenters. The first-order valence-electron chi connectivity index (χ1n) is 6.53. The van der Waals surface area contributed by atoms with Crippen molar-refractivity contribution in [3.63, 3.8) is 0 Å². The smallest absolute Gasteiger partial charge is 0.142 e. The van der Waals surface area contributed by atoms with Gasteiger partial charge >= 0.3 is 0 Å². The van der Waals surface area contributed by atoms with E-state index in [1.807, 2.05) is 6.07 Å². The molecule has 94 valence electrons. The zero-order chi connectivity index (χ0) is 12.1. The van der Waals surface area contributed by atoms with Crippen LogP contribution in [-0.2, 0) is 6.54 Å². The molecule has 0 aromatic carbocycles. The lowest BCUT2D eigenvalue weighted by Crippen LogP contribution is -2.46. The standard InChI is InChI=1S/C13H22N4/c1-2-11-4-7-17(12(8-11)9-14)10-13-15-5-3-6-16-13/h3,5-6,11-12H,2,4,7-10,14H2,1H3. The minimum Gasteiger partial charge on any atom is -0.329 e. The molecule has 0 radical (unpaired) electrons. The highest BCUT2D eigenvalue weighted by atomic mass is 15.2. The van der Waals surface area contributed by atoms with Gasteiger partial charge in [0.1, 0.15) is 5.82 Å². The number of aromatic nitrogens is 2. The molecule has 0 saturated carbocycles. The maximum absolute atomic E-state index is 5.88. The molecule has 1 aromatic heterocycles. The van der Waals surface area contributed by atoms with E-state index in [2.05, 4.69) is 21.8 Å². The topological polar surface area (TPSA) is 55.0 Å². The van der Waals surface area contributed by atoms with Crippen LogP contribution in [0.15, 0.2) is 18.5 Å². The quantitative estimate of drug-likeness (QED) is 0.856. The van der Waals surface area contributed by atoms with Crippen molar-refractivity contribution in [3.8, 4) is 0 Å². The molecule has 2 N–H and O–H groups in total. The van der Waals surface area contributed by atoms with Crippen LogP contribution >= 0.6 is 0 Å². The average Bonchev–Trinajstić information content (AvgIpc) is 2.40. The highest BCUT2D eigenvalue weighted by molar-refractivity contribution is 4.91. The van der Waals surface area contributed by atoms with E-state index in [0.29, 0.717) is 6.04 Å². The average molecular weight is 234 g/mol. The molecule has 0 spiro atoms. The molecule has 0 aliphatic carbocycles. The van der Waals surface area contributed by atoms with Crippen LogP contribution in [0.25, 0.3) is 0 Å². The number of nitrogens with two attached hydrogens (primary N) is 1. The molecular formula is C13H22N4. The van der Waals surface area contributed by atoms with Gasteiger partial charge in [0.25, 0.3) is 0 Å². The lowest BCUT2D eigenvalue weighted by Gasteiger charge is -2.38. The van der Waals surface area contributed by atoms with Crippen molar-refractivity contribution in [1.29, 1.82) is 0 Å². The predicted octanol–water partition coefficient (Wildman–Crippen LogP) is 1.43. The Morgan fingerprint density at radius 2 is 2.18 bits per heavy atom. The Bertz CT molecular complexity index is 327. The highest BCUT2D eigenvalue weighted by Crippen LogP contribution is 2.25. The molecule has 4 heteroatoms. The minimum atomic E-state index is 0.498. The van der Waals surface area contributed by atoms with Gasteiger partial charge in [-0.25, -0.2) is 9.97 Å². The second-order valence-corrected chi connectivity index (χ2v) is 4.82. The Morgan fingerprint density at radius 1 is 1.41 bits per heavy atom. The van der Waals surface area contributed by atoms with Crippen LogP contribution in [0.4, 0.5) is 0 Å². The van der Waals surface area contributed by atoms with Gasteiger partial charge < -0.3 is 5.73 Å². The zero-order valence-electron chi connectivity index (χ0n) is 10.5. The zero-order valence-corrected chi connectivity index (χ0v) is 10.5. The molecule has 0 bridgehead atoms. The number of hydrogen-bond acceptors (Lipinski definition) is 4. The first-order valence-corrected chi connectivity index (χ1v) is 6.53. The van der Waals surface area contributed by atoms with Gasteiger partial charge in [0.2, 0.25) is 0 Å². The maximum atomic E-state index is 5.88. The summed E-state index contributed by atoms with van der Waals surface area (Å²) in [5.41, 5.74) is 5.88. The number of likely N-dealkylation sites (tertiary alicyclic amines) is 1. The normalized spacial score (nSPS) is 26.0. The number of nitrogens with zero attached hydrogens (tertiary/aromatic N) is 3. The van der Waals surface area contributed by atoms with Crippen molar-refractivity contribution in [1.82, 2.24) is 14.9 Å². The molecule has 2 heterocycles. The van der Waals surface area contributed by atoms with Crippen LogP contribution in [0, 0.1) is 5.92 Å². The van der Waals surface area contributed by atoms with E-state index < -0.39 is 0 Å². The lowest BCUT2D eigenvalue weighted by atomic mass is 9.89. The van der Waals surface area contributed by atoms with Crippen molar-refractivity contribution in [2.75, 3.05) is 13.1 Å². The molecule has 0 amide bonds. The Labute approximate surface area is 103 Å². The first-order chi connectivity index (χ1) is 8.33. The summed E-state index contributed by atoms with van der Waals surface area (Å²) in [6, 6.07) is 2.35. The van der Waals surface area contributed by atoms with Gasteiger partial charge in [0.05, 0.1) is 6.54 Å². The highest BCUT2D eigenvalue weighted by Gasteiger charge is 2.26. The number of piperidine rings is 1. The van der Waals surface area contributed by atoms with Gasteiger partial charge in [-0.15, -0.1) is 0 Å². The van der Waals surface area contributed by atoms with Crippen molar-refractivity contribution < 1.29 is 0 Å². The van der Waals surface area contributed by atoms with Crippen molar-refractivity contribution in [2.45, 2.75) is 38.8 Å². The van der Waals surface area contributed by atoms with Crippen LogP contribution in [-0.4, -0.2) is 34.0 Å². The molecule has 1 aliphatic heterocycles. The molecular weight excluding hydrogens is 212 g/mol. The van der Waals surface area contributed by atoms with Crippen LogP contribution in [0.2, 0.25) is 0 Å². The molecule has 1 aliphatic rings. The molecule has 2 rings (SSSR count). The predicted molar refractivity (Wildman–Crippen MR) is 68.3 cm³/mol. The molecule has 1 aromatic rings. The number of hydrogen-bond donors (Lipinski definition) is 1. The summed E-state index contributed by atoms with van der Waals surface area (Å²) in [7, 11) is 0. The van der Waals surface area contributed by atoms with Crippen LogP contribution < -0.4 is 5.73 Å². The van der Waals surface area contributed by atoms with Crippen LogP contribution in [0.1, 0.15) is 32.0 Å². The van der Waals surface area contributed by atoms with Gasteiger partial charge in [0, 0.05) is 25.0 Å². The lowest BCUT2D eigenvalue weighted by molar-refractivity contribution is 0.105. The third kappa shape index (κ3) is 3.23. The van der Waals surface area contributed by atoms with E-state index >= 15 is 0 Å². The van der Waals surface area contributed by atoms with Crippen molar-refractivity contribution >= 4 is 0 Å². The van der Waals surface area contributed by atoms with E-state index in [9.17, 15) is 0 Å². The molecule has 4 nitrogen and oxygen atoms in total. The van der Waals surface area contributed by atoms with Gasteiger partial charge in [-0.3, -0.25) is 4.90 Å². The summed E-state index contributed by atoms with van der Waals surface area (Å²) in [4.78, 5) is 11.0. The summed E-state index contributed by atoms with van der Waals surface area (Å²) in [6.07, 6.45) is 7.38. The third-order valence-electron chi connectivity index (χ3n) is 3.76. The second-order valence-electron chi connectivity index (χ2n) is 4.82. The van der Waals surface area contributed by atoms with Gasteiger partial charge in [-0.05, 0) is 31.4 Å². The molecule has 2 atom stereocenters. The first kappa shape index (κ1) is 12.5. The van der Waals surface area contributed by atoms with Gasteiger partial charge in [-0.1, -0.05) is 13.3 Å². The summed E-state index contributed by atoms with van der Waals surface area (Å²) in [5.74, 6) is 1.75. The SMILES string of the molecule is CCC1CCN(Cc2ncccn2)C(CN)C1. The van der Waals surface area contributed by atoms with Crippen LogP contribution in [0.5, 0.6) is 0 Å². The Balaban J connectivity index is 1.96. The summed E-state index contributed by atoms with van der Waals surface area (Å²) in [6.45, 7) is 4.97. The van der Waals surface area contributed by atoms with E-state index in [1.54, 1.807) is 12.4 Å². The van der Waals surface area contributed by atoms with Gasteiger partial charge in [-0.2, -0.15) is 0 Å². The molecule has 1 fully saturated rings. The Hall–Kier alpha value is -1.00. The van der Waals surface area contributed by atoms with Crippen LogP contribution in [0.3, 0.4) is 0 Å². The minimum absolute atomic E-state index is 0.498. The molecule has 17 heavy (non-hydrogen) atoms. The fourth-order valence-electron chi connectivity index (χ4n) is 2.60. The fourth-order valence-corrected chi connectivity index (χ4v) is 2.60. The summed E-state index contributed by atoms with van der Waals surface area (Å²) >= 11 is 0. The maximum Gasteiger partial charge on any atom is 0.142 e. The van der Waals surface area contributed by atoms with E-state index in [0.717, 1.165) is 31.4 Å². The Kier molecular flexibility index (Phi) is 4.45. The van der Waals surface area contributed by atoms with Crippen molar-refractivity contribution in [2.24, 2.45) is 11.7 Å². The summed E-state index contributed by atoms with van der Waals surface area (Å²) < 4.78 is 0. The Morgan fingerprint density at radius 3 is 2.82 bits per heavy atom. The largest absolute Gasteiger partial charge is 0.329 e. The van der Waals surface area contributed by atoms with Crippen molar-refractivity contribution in [3.05, 3.63) is 24.3 Å². The second kappa shape index (κ2) is 6.07. The van der Waals surface area contributed by atoms with E-state index in [-0.39, 0.29) is 0 Å². The third-order valence-corrected chi connectivity index (χ3v) is 3.76. The monoisotopic (exact) mass is 234 g/mol. The fraction of sp³-hybridized carbons (Fsp3) is 0.692. The number of rotatable bonds is 4. The summed E-state index contributed by atoms with van der Waals surface area (Å²) in [5, 5.41) is 0. The van der Waals surface area contributed by atoms with E-state index in [1.165, 1.54) is 19.3 Å². The van der Waals surface area contributed by atoms with E-state index in [4.69, 9.17) is 5.73 Å².